The number of aromatic amines is 1. The van der Waals surface area contributed by atoms with Crippen molar-refractivity contribution in [2.75, 3.05) is 26.8 Å². The number of likely N-dealkylation sites (tertiary alicyclic amines) is 1. The Morgan fingerprint density at radius 1 is 1.23 bits per heavy atom. The maximum atomic E-state index is 13.0. The van der Waals surface area contributed by atoms with Gasteiger partial charge in [-0.25, -0.2) is 14.8 Å². The maximum Gasteiger partial charge on any atom is 0.409 e. The quantitative estimate of drug-likeness (QED) is 0.552. The van der Waals surface area contributed by atoms with Gasteiger partial charge >= 0.3 is 12.6 Å². The number of hydrogen-bond donors (Lipinski definition) is 2. The number of amides is 2. The molecular formula is C24H25N5O6. The fourth-order valence-corrected chi connectivity index (χ4v) is 4.59. The topological polar surface area (TPSA) is 128 Å². The molecule has 2 amide bonds. The van der Waals surface area contributed by atoms with Gasteiger partial charge in [0.25, 0.3) is 5.91 Å². The van der Waals surface area contributed by atoms with E-state index in [1.54, 1.807) is 18.0 Å². The van der Waals surface area contributed by atoms with E-state index in [0.29, 0.717) is 59.4 Å². The molecule has 2 N–H and O–H groups in total. The highest BCUT2D eigenvalue weighted by Crippen LogP contribution is 2.52. The van der Waals surface area contributed by atoms with Crippen LogP contribution in [-0.4, -0.2) is 71.2 Å². The molecule has 2 aromatic heterocycles. The number of nitrogens with one attached hydrogen (secondary N) is 2. The van der Waals surface area contributed by atoms with Gasteiger partial charge in [-0.05, 0) is 37.3 Å². The summed E-state index contributed by atoms with van der Waals surface area (Å²) in [5.74, 6) is 1.32. The van der Waals surface area contributed by atoms with E-state index in [1.807, 2.05) is 12.1 Å². The molecule has 1 aromatic carbocycles. The van der Waals surface area contributed by atoms with Gasteiger partial charge in [-0.3, -0.25) is 4.79 Å². The molecule has 1 aliphatic carbocycles. The zero-order valence-corrected chi connectivity index (χ0v) is 19.4. The van der Waals surface area contributed by atoms with Gasteiger partial charge in [0.05, 0.1) is 29.3 Å². The Hall–Kier alpha value is -3.86. The number of ether oxygens (including phenoxy) is 4. The number of aromatic nitrogens is 3. The lowest BCUT2D eigenvalue weighted by atomic mass is 9.97. The summed E-state index contributed by atoms with van der Waals surface area (Å²) in [6.45, 7) is 2.08. The maximum absolute atomic E-state index is 13.0. The predicted molar refractivity (Wildman–Crippen MR) is 123 cm³/mol. The lowest BCUT2D eigenvalue weighted by molar-refractivity contribution is -0.157. The van der Waals surface area contributed by atoms with Crippen LogP contribution in [0.4, 0.5) is 4.79 Å². The van der Waals surface area contributed by atoms with Crippen LogP contribution in [0.2, 0.25) is 0 Å². The fourth-order valence-electron chi connectivity index (χ4n) is 4.59. The fraction of sp³-hybridized carbons (Fsp3) is 0.417. The van der Waals surface area contributed by atoms with Crippen LogP contribution in [0.15, 0.2) is 24.7 Å². The van der Waals surface area contributed by atoms with Crippen molar-refractivity contribution in [3.63, 3.8) is 0 Å². The summed E-state index contributed by atoms with van der Waals surface area (Å²) in [4.78, 5) is 38.5. The van der Waals surface area contributed by atoms with E-state index < -0.39 is 6.48 Å². The molecule has 3 aromatic rings. The molecule has 6 rings (SSSR count). The second-order valence-corrected chi connectivity index (χ2v) is 8.81. The second kappa shape index (κ2) is 8.42. The Morgan fingerprint density at radius 2 is 2.06 bits per heavy atom. The van der Waals surface area contributed by atoms with Crippen molar-refractivity contribution in [3.8, 4) is 22.8 Å². The minimum atomic E-state index is -0.822. The zero-order valence-electron chi connectivity index (χ0n) is 19.4. The Labute approximate surface area is 200 Å². The van der Waals surface area contributed by atoms with Gasteiger partial charge < -0.3 is 34.1 Å². The van der Waals surface area contributed by atoms with E-state index in [-0.39, 0.29) is 18.0 Å². The highest BCUT2D eigenvalue weighted by Gasteiger charge is 2.36. The van der Waals surface area contributed by atoms with Crippen LogP contribution >= 0.6 is 0 Å². The number of carbonyl (C=O) groups is 2. The first-order chi connectivity index (χ1) is 17.1. The summed E-state index contributed by atoms with van der Waals surface area (Å²) in [5.41, 5.74) is 4.15. The molecular weight excluding hydrogens is 454 g/mol. The van der Waals surface area contributed by atoms with Gasteiger partial charge in [-0.15, -0.1) is 0 Å². The van der Waals surface area contributed by atoms with Crippen molar-refractivity contribution in [1.29, 1.82) is 0 Å². The Morgan fingerprint density at radius 3 is 2.80 bits per heavy atom. The van der Waals surface area contributed by atoms with E-state index in [0.717, 1.165) is 24.0 Å². The molecule has 1 atom stereocenters. The Bertz CT molecular complexity index is 1310. The van der Waals surface area contributed by atoms with Gasteiger partial charge in [-0.2, -0.15) is 0 Å². The van der Waals surface area contributed by atoms with Crippen LogP contribution in [0.25, 0.3) is 22.3 Å². The molecule has 0 radical (unpaired) electrons. The van der Waals surface area contributed by atoms with E-state index >= 15 is 0 Å². The normalized spacial score (nSPS) is 19.0. The van der Waals surface area contributed by atoms with Crippen molar-refractivity contribution in [2.45, 2.75) is 38.2 Å². The molecule has 11 heteroatoms. The molecule has 35 heavy (non-hydrogen) atoms. The van der Waals surface area contributed by atoms with Crippen LogP contribution in [0.5, 0.6) is 11.5 Å². The third kappa shape index (κ3) is 3.72. The van der Waals surface area contributed by atoms with Crippen LogP contribution in [0.1, 0.15) is 41.6 Å². The van der Waals surface area contributed by atoms with Crippen molar-refractivity contribution in [2.24, 2.45) is 0 Å². The smallest absolute Gasteiger partial charge is 0.409 e. The summed E-state index contributed by atoms with van der Waals surface area (Å²) in [7, 11) is 1.52. The molecule has 0 spiro atoms. The molecule has 1 unspecified atom stereocenters. The van der Waals surface area contributed by atoms with E-state index in [2.05, 4.69) is 20.3 Å². The number of methoxy groups -OCH3 is 1. The standard InChI is InChI=1S/C24H25N5O6/c1-3-33-23(31)29-9-13(10-29)28-22(30)15-8-25-20-18(15)26-11-27-19(20)17-14(12-4-5-12)6-7-16-21(17)35-24(32-2)34-16/h6-8,11-13,24-25H,3-5,9-10H2,1-2H3,(H,28,30). The molecule has 2 aliphatic heterocycles. The van der Waals surface area contributed by atoms with Gasteiger partial charge in [0.1, 0.15) is 17.5 Å². The number of benzene rings is 1. The molecule has 1 saturated carbocycles. The number of rotatable bonds is 6. The molecule has 4 heterocycles. The lowest BCUT2D eigenvalue weighted by Gasteiger charge is -2.38. The third-order valence-corrected chi connectivity index (χ3v) is 6.49. The Balaban J connectivity index is 1.30. The average molecular weight is 479 g/mol. The van der Waals surface area contributed by atoms with Gasteiger partial charge in [0, 0.05) is 26.4 Å². The number of nitrogens with zero attached hydrogens (tertiary/aromatic N) is 3. The predicted octanol–water partition coefficient (Wildman–Crippen LogP) is 2.77. The Kier molecular flexibility index (Phi) is 5.21. The molecule has 11 nitrogen and oxygen atoms in total. The SMILES string of the molecule is CCOC(=O)N1CC(NC(=O)c2c[nH]c3c(-c4c(C5CC5)ccc5c4OC(OC)O5)ncnc23)C1. The van der Waals surface area contributed by atoms with Crippen molar-refractivity contribution >= 4 is 23.0 Å². The highest BCUT2D eigenvalue weighted by molar-refractivity contribution is 6.08. The average Bonchev–Trinajstić information content (AvgIpc) is 3.43. The van der Waals surface area contributed by atoms with Crippen molar-refractivity contribution in [1.82, 2.24) is 25.2 Å². The summed E-state index contributed by atoms with van der Waals surface area (Å²) in [6.07, 6.45) is 4.91. The highest BCUT2D eigenvalue weighted by atomic mass is 16.9. The van der Waals surface area contributed by atoms with Crippen LogP contribution in [-0.2, 0) is 9.47 Å². The second-order valence-electron chi connectivity index (χ2n) is 8.81. The molecule has 2 fully saturated rings. The molecule has 0 bridgehead atoms. The lowest BCUT2D eigenvalue weighted by Crippen LogP contribution is -2.61. The third-order valence-electron chi connectivity index (χ3n) is 6.49. The molecule has 3 aliphatic rings. The van der Waals surface area contributed by atoms with E-state index in [4.69, 9.17) is 18.9 Å². The summed E-state index contributed by atoms with van der Waals surface area (Å²) in [6, 6.07) is 3.80. The minimum Gasteiger partial charge on any atom is -0.450 e. The summed E-state index contributed by atoms with van der Waals surface area (Å²) in [5, 5.41) is 2.96. The van der Waals surface area contributed by atoms with Gasteiger partial charge in [0.2, 0.25) is 0 Å². The summed E-state index contributed by atoms with van der Waals surface area (Å²) < 4.78 is 21.9. The first kappa shape index (κ1) is 21.7. The van der Waals surface area contributed by atoms with Crippen LogP contribution in [0.3, 0.4) is 0 Å². The number of H-pyrrole nitrogens is 1. The number of fused-ring (bicyclic) bond motifs is 2. The van der Waals surface area contributed by atoms with Gasteiger partial charge in [-0.1, -0.05) is 6.07 Å². The largest absolute Gasteiger partial charge is 0.450 e. The van der Waals surface area contributed by atoms with Gasteiger partial charge in [0.15, 0.2) is 11.5 Å². The number of carbonyl (C=O) groups excluding carboxylic acids is 2. The van der Waals surface area contributed by atoms with E-state index in [9.17, 15) is 9.59 Å². The first-order valence-corrected chi connectivity index (χ1v) is 11.6. The minimum absolute atomic E-state index is 0.145. The monoisotopic (exact) mass is 479 g/mol. The van der Waals surface area contributed by atoms with Crippen molar-refractivity contribution in [3.05, 3.63) is 35.8 Å². The van der Waals surface area contributed by atoms with Crippen LogP contribution in [0, 0.1) is 0 Å². The van der Waals surface area contributed by atoms with Crippen molar-refractivity contribution < 1.29 is 28.5 Å². The number of hydrogen-bond acceptors (Lipinski definition) is 8. The molecule has 182 valence electrons. The molecule has 1 saturated heterocycles. The first-order valence-electron chi connectivity index (χ1n) is 11.6. The van der Waals surface area contributed by atoms with E-state index in [1.165, 1.54) is 13.4 Å². The summed E-state index contributed by atoms with van der Waals surface area (Å²) >= 11 is 0. The van der Waals surface area contributed by atoms with Crippen LogP contribution < -0.4 is 14.8 Å². The zero-order chi connectivity index (χ0) is 24.1.